The molecule has 0 aromatic rings. The Morgan fingerprint density at radius 2 is 2.60 bits per heavy atom. The third kappa shape index (κ3) is 2.58. The van der Waals surface area contributed by atoms with Gasteiger partial charge in [-0.2, -0.15) is 0 Å². The first-order valence-corrected chi connectivity index (χ1v) is 7.24. The van der Waals surface area contributed by atoms with Crippen LogP contribution in [0.15, 0.2) is 0 Å². The molecule has 3 atom stereocenters. The molecule has 1 aliphatic heterocycles. The summed E-state index contributed by atoms with van der Waals surface area (Å²) >= 11 is 2.21. The van der Waals surface area contributed by atoms with Gasteiger partial charge in [0.15, 0.2) is 0 Å². The zero-order valence-corrected chi connectivity index (χ0v) is 8.67. The number of aliphatic hydroxyl groups is 1. The summed E-state index contributed by atoms with van der Waals surface area (Å²) in [7, 11) is 0. The summed E-state index contributed by atoms with van der Waals surface area (Å²) in [6, 6.07) is 0.262. The number of hydrogen-bond acceptors (Lipinski definition) is 3. The monoisotopic (exact) mass is 275 g/mol. The minimum atomic E-state index is 0.226. The second-order valence-electron chi connectivity index (χ2n) is 2.34. The molecule has 1 saturated heterocycles. The first-order chi connectivity index (χ1) is 4.86. The second-order valence-corrected chi connectivity index (χ2v) is 4.05. The van der Waals surface area contributed by atoms with Gasteiger partial charge in [0.25, 0.3) is 0 Å². The molecule has 1 fully saturated rings. The highest BCUT2D eigenvalue weighted by atomic mass is 127. The third-order valence-electron chi connectivity index (χ3n) is 1.61. The number of nitrogens with one attached hydrogen (secondary N) is 1. The minimum absolute atomic E-state index is 0.226. The van der Waals surface area contributed by atoms with Crippen LogP contribution in [0.4, 0.5) is 0 Å². The van der Waals surface area contributed by atoms with Crippen LogP contribution in [0, 0.1) is 0 Å². The molecule has 3 nitrogen and oxygen atoms in total. The Morgan fingerprint density at radius 1 is 1.80 bits per heavy atom. The van der Waals surface area contributed by atoms with Crippen LogP contribution >= 0.6 is 28.5 Å². The molecule has 0 amide bonds. The molecule has 0 radical (unpaired) electrons. The first kappa shape index (κ1) is 9.13. The Labute approximate surface area is 75.3 Å². The second kappa shape index (κ2) is 4.83. The summed E-state index contributed by atoms with van der Waals surface area (Å²) in [4.78, 5) is 0. The van der Waals surface area contributed by atoms with Gasteiger partial charge in [-0.15, -0.1) is 0 Å². The van der Waals surface area contributed by atoms with Crippen molar-refractivity contribution in [2.75, 3.05) is 13.2 Å². The first-order valence-electron chi connectivity index (χ1n) is 3.22. The largest absolute Gasteiger partial charge is 0.395 e. The molecule has 1 heterocycles. The Bertz CT molecular complexity index is 106. The van der Waals surface area contributed by atoms with Gasteiger partial charge in [0, 0.05) is 12.6 Å². The lowest BCUT2D eigenvalue weighted by molar-refractivity contribution is 0.229. The van der Waals surface area contributed by atoms with E-state index in [0.717, 1.165) is 13.0 Å². The lowest BCUT2D eigenvalue weighted by atomic mass is 10.2. The van der Waals surface area contributed by atoms with Gasteiger partial charge in [-0.3, -0.25) is 0 Å². The van der Waals surface area contributed by atoms with Crippen molar-refractivity contribution in [1.29, 1.82) is 0 Å². The van der Waals surface area contributed by atoms with E-state index >= 15 is 0 Å². The van der Waals surface area contributed by atoms with Gasteiger partial charge in [0.05, 0.1) is 19.2 Å². The van der Waals surface area contributed by atoms with Crippen LogP contribution in [-0.2, 0) is 4.52 Å². The number of hydrogen-bond donors (Lipinski definition) is 2. The van der Waals surface area contributed by atoms with Crippen molar-refractivity contribution >= 4 is 28.5 Å². The summed E-state index contributed by atoms with van der Waals surface area (Å²) in [6.07, 6.45) is 1.28. The van der Waals surface area contributed by atoms with E-state index in [2.05, 4.69) is 27.4 Å². The fourth-order valence-corrected chi connectivity index (χ4v) is 2.46. The van der Waals surface area contributed by atoms with E-state index in [0.29, 0.717) is 12.6 Å². The highest BCUT2D eigenvalue weighted by molar-refractivity contribution is 14.2. The summed E-state index contributed by atoms with van der Waals surface area (Å²) in [5, 5.41) is 11.9. The molecule has 0 spiro atoms. The molecule has 0 bridgehead atoms. The highest BCUT2D eigenvalue weighted by Gasteiger charge is 2.23. The predicted octanol–water partition coefficient (Wildman–Crippen LogP) is 0.669. The molecule has 0 aromatic heterocycles. The van der Waals surface area contributed by atoms with Gasteiger partial charge >= 0.3 is 0 Å². The Kier molecular flexibility index (Phi) is 4.41. The zero-order chi connectivity index (χ0) is 7.40. The molecule has 5 heteroatoms. The maximum atomic E-state index is 8.73. The molecule has 10 heavy (non-hydrogen) atoms. The van der Waals surface area contributed by atoms with E-state index < -0.39 is 0 Å². The van der Waals surface area contributed by atoms with Crippen molar-refractivity contribution in [2.45, 2.75) is 18.6 Å². The molecule has 60 valence electrons. The van der Waals surface area contributed by atoms with E-state index in [1.807, 2.05) is 0 Å². The molecule has 0 saturated carbocycles. The normalized spacial score (nSPS) is 34.2. The summed E-state index contributed by atoms with van der Waals surface area (Å²) in [5.41, 5.74) is 0. The van der Waals surface area contributed by atoms with E-state index in [1.54, 1.807) is 0 Å². The molecule has 0 aromatic carbocycles. The van der Waals surface area contributed by atoms with E-state index in [4.69, 9.17) is 9.63 Å². The van der Waals surface area contributed by atoms with Gasteiger partial charge in [0.1, 0.15) is 0 Å². The average molecular weight is 275 g/mol. The van der Waals surface area contributed by atoms with Crippen LogP contribution in [0.25, 0.3) is 0 Å². The zero-order valence-electron chi connectivity index (χ0n) is 5.51. The maximum Gasteiger partial charge on any atom is 0.0798 e. The lowest BCUT2D eigenvalue weighted by Crippen LogP contribution is -2.24. The van der Waals surface area contributed by atoms with E-state index in [9.17, 15) is 0 Å². The Morgan fingerprint density at radius 3 is 3.10 bits per heavy atom. The van der Waals surface area contributed by atoms with Crippen LogP contribution in [0.1, 0.15) is 6.42 Å². The number of halogens is 1. The van der Waals surface area contributed by atoms with Crippen LogP contribution in [0.2, 0.25) is 0 Å². The quantitative estimate of drug-likeness (QED) is 0.587. The van der Waals surface area contributed by atoms with Crippen LogP contribution < -0.4 is 5.32 Å². The number of rotatable bonds is 3. The van der Waals surface area contributed by atoms with Crippen molar-refractivity contribution in [3.8, 4) is 0 Å². The molecule has 2 N–H and O–H groups in total. The predicted molar refractivity (Wildman–Crippen MR) is 50.7 cm³/mol. The summed E-state index contributed by atoms with van der Waals surface area (Å²) < 4.78 is 5.38. The fraction of sp³-hybridized carbons (Fsp3) is 1.00. The number of aliphatic hydroxyl groups excluding tert-OH is 1. The third-order valence-corrected chi connectivity index (χ3v) is 2.80. The standard InChI is InChI=1S/C5H11INO2P/c6-10-9-5-1-4(3-8)7-2-5/h4-5,7-8,10H,1-3H2. The molecular formula is C5H11INO2P. The summed E-state index contributed by atoms with van der Waals surface area (Å²) in [6.45, 7) is 1.65. The van der Waals surface area contributed by atoms with Crippen molar-refractivity contribution < 1.29 is 9.63 Å². The Hall–Kier alpha value is 1.04. The van der Waals surface area contributed by atoms with Crippen LogP contribution in [0.5, 0.6) is 0 Å². The van der Waals surface area contributed by atoms with Gasteiger partial charge in [0.2, 0.25) is 0 Å². The summed E-state index contributed by atoms with van der Waals surface area (Å²) in [5.74, 6) is 0. The molecule has 0 aliphatic carbocycles. The topological polar surface area (TPSA) is 41.5 Å². The van der Waals surface area contributed by atoms with E-state index in [-0.39, 0.29) is 12.6 Å². The van der Waals surface area contributed by atoms with Crippen molar-refractivity contribution in [2.24, 2.45) is 0 Å². The minimum Gasteiger partial charge on any atom is -0.395 e. The van der Waals surface area contributed by atoms with E-state index in [1.165, 1.54) is 0 Å². The smallest absolute Gasteiger partial charge is 0.0798 e. The fourth-order valence-electron chi connectivity index (χ4n) is 1.07. The van der Waals surface area contributed by atoms with Gasteiger partial charge in [-0.1, -0.05) is 0 Å². The Balaban J connectivity index is 2.15. The molecular weight excluding hydrogens is 264 g/mol. The van der Waals surface area contributed by atoms with Crippen LogP contribution in [-0.4, -0.2) is 30.4 Å². The lowest BCUT2D eigenvalue weighted by Gasteiger charge is -2.06. The van der Waals surface area contributed by atoms with Gasteiger partial charge in [-0.05, 0) is 28.5 Å². The SMILES string of the molecule is OCC1CC(OPI)CN1. The van der Waals surface area contributed by atoms with Crippen molar-refractivity contribution in [3.63, 3.8) is 0 Å². The van der Waals surface area contributed by atoms with Crippen molar-refractivity contribution in [1.82, 2.24) is 5.32 Å². The highest BCUT2D eigenvalue weighted by Crippen LogP contribution is 2.27. The van der Waals surface area contributed by atoms with Crippen LogP contribution in [0.3, 0.4) is 0 Å². The molecule has 3 unspecified atom stereocenters. The molecule has 1 aliphatic rings. The molecule has 1 rings (SSSR count). The maximum absolute atomic E-state index is 8.73. The van der Waals surface area contributed by atoms with Gasteiger partial charge in [-0.25, -0.2) is 0 Å². The van der Waals surface area contributed by atoms with Crippen molar-refractivity contribution in [3.05, 3.63) is 0 Å². The van der Waals surface area contributed by atoms with Gasteiger partial charge < -0.3 is 14.9 Å². The average Bonchev–Trinajstić information content (AvgIpc) is 2.37.